The van der Waals surface area contributed by atoms with Gasteiger partial charge in [-0.1, -0.05) is 25.1 Å². The highest BCUT2D eigenvalue weighted by atomic mass is 16.6. The lowest BCUT2D eigenvalue weighted by molar-refractivity contribution is -0.386. The molecule has 2 N–H and O–H groups in total. The molecule has 0 fully saturated rings. The van der Waals surface area contributed by atoms with Gasteiger partial charge >= 0.3 is 11.6 Å². The maximum atomic E-state index is 10.9. The Hall–Kier alpha value is -2.70. The number of nitrogens with zero attached hydrogens (tertiary/aromatic N) is 3. The van der Waals surface area contributed by atoms with Crippen molar-refractivity contribution in [1.29, 1.82) is 0 Å². The van der Waals surface area contributed by atoms with Crippen LogP contribution in [0.5, 0.6) is 11.6 Å². The van der Waals surface area contributed by atoms with Gasteiger partial charge in [-0.25, -0.2) is 4.98 Å². The van der Waals surface area contributed by atoms with E-state index in [9.17, 15) is 10.1 Å². The maximum absolute atomic E-state index is 10.9. The summed E-state index contributed by atoms with van der Waals surface area (Å²) in [5.41, 5.74) is 6.03. The number of aromatic nitrogens is 2. The second kappa shape index (κ2) is 5.30. The second-order valence-corrected chi connectivity index (χ2v) is 3.74. The summed E-state index contributed by atoms with van der Waals surface area (Å²) in [6.07, 6.45) is 1.77. The Bertz CT molecular complexity index is 616. The number of para-hydroxylation sites is 1. The van der Waals surface area contributed by atoms with Gasteiger partial charge in [0.1, 0.15) is 11.9 Å². The van der Waals surface area contributed by atoms with Crippen LogP contribution in [-0.4, -0.2) is 14.9 Å². The second-order valence-electron chi connectivity index (χ2n) is 3.74. The molecule has 0 spiro atoms. The van der Waals surface area contributed by atoms with Gasteiger partial charge in [-0.15, -0.1) is 0 Å². The number of ether oxygens (including phenoxy) is 1. The zero-order chi connectivity index (χ0) is 13.8. The standard InChI is InChI=1S/C12H12N4O3/c1-2-8-5-3-4-6-10(8)19-11-9(16(17)18)7-14-12(13)15-11/h3-7H,2H2,1H3,(H2,13,14,15). The first-order chi connectivity index (χ1) is 9.11. The summed E-state index contributed by atoms with van der Waals surface area (Å²) in [7, 11) is 0. The minimum Gasteiger partial charge on any atom is -0.433 e. The maximum Gasteiger partial charge on any atom is 0.349 e. The van der Waals surface area contributed by atoms with Crippen LogP contribution in [0.1, 0.15) is 12.5 Å². The molecule has 7 nitrogen and oxygen atoms in total. The van der Waals surface area contributed by atoms with Gasteiger partial charge in [0.2, 0.25) is 5.95 Å². The van der Waals surface area contributed by atoms with E-state index >= 15 is 0 Å². The van der Waals surface area contributed by atoms with Crippen LogP contribution in [0.25, 0.3) is 0 Å². The average Bonchev–Trinajstić information content (AvgIpc) is 2.39. The van der Waals surface area contributed by atoms with Crippen LogP contribution >= 0.6 is 0 Å². The fraction of sp³-hybridized carbons (Fsp3) is 0.167. The van der Waals surface area contributed by atoms with E-state index in [4.69, 9.17) is 10.5 Å². The molecular weight excluding hydrogens is 248 g/mol. The molecule has 0 saturated heterocycles. The molecule has 7 heteroatoms. The monoisotopic (exact) mass is 260 g/mol. The van der Waals surface area contributed by atoms with Crippen molar-refractivity contribution in [2.24, 2.45) is 0 Å². The highest BCUT2D eigenvalue weighted by Crippen LogP contribution is 2.30. The van der Waals surface area contributed by atoms with E-state index < -0.39 is 4.92 Å². The number of anilines is 1. The number of nitro groups is 1. The van der Waals surface area contributed by atoms with Gasteiger partial charge in [0, 0.05) is 0 Å². The number of hydrogen-bond acceptors (Lipinski definition) is 6. The van der Waals surface area contributed by atoms with Crippen molar-refractivity contribution in [3.63, 3.8) is 0 Å². The molecule has 0 saturated carbocycles. The van der Waals surface area contributed by atoms with Gasteiger partial charge < -0.3 is 10.5 Å². The van der Waals surface area contributed by atoms with Crippen LogP contribution in [-0.2, 0) is 6.42 Å². The van der Waals surface area contributed by atoms with Crippen LogP contribution in [0.4, 0.5) is 11.6 Å². The highest BCUT2D eigenvalue weighted by Gasteiger charge is 2.19. The Balaban J connectivity index is 2.42. The molecule has 0 unspecified atom stereocenters. The molecule has 0 bridgehead atoms. The molecule has 0 aliphatic heterocycles. The van der Waals surface area contributed by atoms with Crippen molar-refractivity contribution in [2.45, 2.75) is 13.3 Å². The summed E-state index contributed by atoms with van der Waals surface area (Å²) in [6, 6.07) is 7.26. The Kier molecular flexibility index (Phi) is 3.56. The number of rotatable bonds is 4. The third-order valence-corrected chi connectivity index (χ3v) is 2.51. The van der Waals surface area contributed by atoms with E-state index in [0.29, 0.717) is 5.75 Å². The molecule has 0 atom stereocenters. The van der Waals surface area contributed by atoms with Crippen LogP contribution < -0.4 is 10.5 Å². The van der Waals surface area contributed by atoms with Gasteiger partial charge in [-0.05, 0) is 18.1 Å². The zero-order valence-corrected chi connectivity index (χ0v) is 10.2. The molecule has 1 aromatic carbocycles. The molecule has 1 heterocycles. The number of aryl methyl sites for hydroxylation is 1. The number of benzene rings is 1. The molecular formula is C12H12N4O3. The van der Waals surface area contributed by atoms with Crippen LogP contribution in [0.3, 0.4) is 0 Å². The van der Waals surface area contributed by atoms with Gasteiger partial charge in [0.25, 0.3) is 0 Å². The summed E-state index contributed by atoms with van der Waals surface area (Å²) < 4.78 is 5.50. The minimum absolute atomic E-state index is 0.0745. The van der Waals surface area contributed by atoms with Gasteiger partial charge in [-0.2, -0.15) is 4.98 Å². The van der Waals surface area contributed by atoms with Crippen molar-refractivity contribution in [3.8, 4) is 11.6 Å². The smallest absolute Gasteiger partial charge is 0.349 e. The third kappa shape index (κ3) is 2.76. The van der Waals surface area contributed by atoms with Crippen molar-refractivity contribution in [2.75, 3.05) is 5.73 Å². The van der Waals surface area contributed by atoms with E-state index in [2.05, 4.69) is 9.97 Å². The first kappa shape index (κ1) is 12.7. The normalized spacial score (nSPS) is 10.2. The SMILES string of the molecule is CCc1ccccc1Oc1nc(N)ncc1[N+](=O)[O-]. The van der Waals surface area contributed by atoms with Crippen LogP contribution in [0.15, 0.2) is 30.5 Å². The zero-order valence-electron chi connectivity index (χ0n) is 10.2. The number of nitrogen functional groups attached to an aromatic ring is 1. The number of nitrogens with two attached hydrogens (primary N) is 1. The first-order valence-corrected chi connectivity index (χ1v) is 5.64. The molecule has 0 radical (unpaired) electrons. The quantitative estimate of drug-likeness (QED) is 0.668. The molecule has 0 amide bonds. The molecule has 2 aromatic rings. The predicted octanol–water partition coefficient (Wildman–Crippen LogP) is 2.32. The largest absolute Gasteiger partial charge is 0.433 e. The van der Waals surface area contributed by atoms with E-state index in [0.717, 1.165) is 18.2 Å². The van der Waals surface area contributed by atoms with Gasteiger partial charge in [-0.3, -0.25) is 10.1 Å². The van der Waals surface area contributed by atoms with E-state index in [-0.39, 0.29) is 17.5 Å². The molecule has 2 rings (SSSR count). The Morgan fingerprint density at radius 3 is 2.84 bits per heavy atom. The molecule has 1 aromatic heterocycles. The van der Waals surface area contributed by atoms with Crippen LogP contribution in [0.2, 0.25) is 0 Å². The van der Waals surface area contributed by atoms with E-state index in [1.54, 1.807) is 12.1 Å². The lowest BCUT2D eigenvalue weighted by Gasteiger charge is -2.09. The highest BCUT2D eigenvalue weighted by molar-refractivity contribution is 5.45. The van der Waals surface area contributed by atoms with E-state index in [1.165, 1.54) is 0 Å². The fourth-order valence-electron chi connectivity index (χ4n) is 1.57. The lowest BCUT2D eigenvalue weighted by atomic mass is 10.1. The third-order valence-electron chi connectivity index (χ3n) is 2.51. The number of hydrogen-bond donors (Lipinski definition) is 1. The lowest BCUT2D eigenvalue weighted by Crippen LogP contribution is -2.02. The topological polar surface area (TPSA) is 104 Å². The van der Waals surface area contributed by atoms with Crippen molar-refractivity contribution < 1.29 is 9.66 Å². The Labute approximate surface area is 109 Å². The minimum atomic E-state index is -0.608. The summed E-state index contributed by atoms with van der Waals surface area (Å²) in [5.74, 6) is 0.291. The summed E-state index contributed by atoms with van der Waals surface area (Å²) in [4.78, 5) is 17.6. The molecule has 98 valence electrons. The van der Waals surface area contributed by atoms with E-state index in [1.807, 2.05) is 19.1 Å². The Morgan fingerprint density at radius 2 is 2.16 bits per heavy atom. The summed E-state index contributed by atoms with van der Waals surface area (Å²) >= 11 is 0. The van der Waals surface area contributed by atoms with Crippen molar-refractivity contribution in [1.82, 2.24) is 9.97 Å². The van der Waals surface area contributed by atoms with Crippen molar-refractivity contribution >= 4 is 11.6 Å². The van der Waals surface area contributed by atoms with Crippen molar-refractivity contribution in [3.05, 3.63) is 46.1 Å². The first-order valence-electron chi connectivity index (χ1n) is 5.64. The average molecular weight is 260 g/mol. The van der Waals surface area contributed by atoms with Gasteiger partial charge in [0.05, 0.1) is 4.92 Å². The molecule has 0 aliphatic carbocycles. The van der Waals surface area contributed by atoms with Crippen LogP contribution in [0, 0.1) is 10.1 Å². The summed E-state index contributed by atoms with van der Waals surface area (Å²) in [5, 5.41) is 10.9. The molecule has 19 heavy (non-hydrogen) atoms. The molecule has 0 aliphatic rings. The predicted molar refractivity (Wildman–Crippen MR) is 69.0 cm³/mol. The van der Waals surface area contributed by atoms with Gasteiger partial charge in [0.15, 0.2) is 0 Å². The summed E-state index contributed by atoms with van der Waals surface area (Å²) in [6.45, 7) is 1.96. The fourth-order valence-corrected chi connectivity index (χ4v) is 1.57. The Morgan fingerprint density at radius 1 is 1.42 bits per heavy atom.